The highest BCUT2D eigenvalue weighted by Gasteiger charge is 2.29. The molecule has 0 radical (unpaired) electrons. The summed E-state index contributed by atoms with van der Waals surface area (Å²) in [5.41, 5.74) is 2.80. The molecule has 0 aromatic carbocycles. The van der Waals surface area contributed by atoms with E-state index in [9.17, 15) is 9.59 Å². The summed E-state index contributed by atoms with van der Waals surface area (Å²) in [5, 5.41) is 0.350. The summed E-state index contributed by atoms with van der Waals surface area (Å²) < 4.78 is 5.17. The van der Waals surface area contributed by atoms with Gasteiger partial charge in [0.15, 0.2) is 0 Å². The summed E-state index contributed by atoms with van der Waals surface area (Å²) in [7, 11) is 0. The van der Waals surface area contributed by atoms with Gasteiger partial charge in [-0.15, -0.1) is 5.48 Å². The summed E-state index contributed by atoms with van der Waals surface area (Å²) in [6, 6.07) is 1.44. The maximum atomic E-state index is 12.6. The smallest absolute Gasteiger partial charge is 0.337 e. The molecule has 2 saturated carbocycles. The van der Waals surface area contributed by atoms with Crippen molar-refractivity contribution in [2.45, 2.75) is 70.3 Å². The molecule has 0 bridgehead atoms. The van der Waals surface area contributed by atoms with Gasteiger partial charge >= 0.3 is 11.6 Å². The Balaban J connectivity index is 1.59. The summed E-state index contributed by atoms with van der Waals surface area (Å²) >= 11 is 0. The van der Waals surface area contributed by atoms with E-state index in [-0.39, 0.29) is 22.8 Å². The lowest BCUT2D eigenvalue weighted by Gasteiger charge is -2.25. The van der Waals surface area contributed by atoms with Crippen LogP contribution < -0.4 is 21.5 Å². The molecule has 2 fully saturated rings. The fraction of sp³-hybridized carbons (Fsp3) is 0.632. The van der Waals surface area contributed by atoms with Crippen LogP contribution in [0.5, 0.6) is 6.01 Å². The highest BCUT2D eigenvalue weighted by Crippen LogP contribution is 2.31. The molecule has 0 unspecified atom stereocenters. The lowest BCUT2D eigenvalue weighted by atomic mass is 9.81. The Bertz CT molecular complexity index is 907. The fourth-order valence-corrected chi connectivity index (χ4v) is 3.94. The molecule has 4 rings (SSSR count). The molecular formula is C19H25N3O4. The second-order valence-corrected chi connectivity index (χ2v) is 7.95. The zero-order valence-electron chi connectivity index (χ0n) is 15.1. The average molecular weight is 359 g/mol. The zero-order chi connectivity index (χ0) is 18.1. The van der Waals surface area contributed by atoms with Crippen LogP contribution in [0, 0.1) is 5.92 Å². The molecule has 2 aliphatic carbocycles. The molecule has 2 aromatic heterocycles. The minimum absolute atomic E-state index is 0.0231. The number of aromatic nitrogens is 2. The first-order chi connectivity index (χ1) is 12.5. The van der Waals surface area contributed by atoms with Crippen LogP contribution in [-0.2, 0) is 6.42 Å². The third-order valence-corrected chi connectivity index (χ3v) is 5.82. The molecular weight excluding hydrogens is 334 g/mol. The van der Waals surface area contributed by atoms with Gasteiger partial charge in [0.2, 0.25) is 5.71 Å². The van der Waals surface area contributed by atoms with E-state index in [4.69, 9.17) is 9.25 Å². The van der Waals surface area contributed by atoms with Gasteiger partial charge < -0.3 is 9.25 Å². The van der Waals surface area contributed by atoms with Crippen LogP contribution in [0.25, 0.3) is 11.1 Å². The lowest BCUT2D eigenvalue weighted by Crippen LogP contribution is -2.42. The molecule has 2 N–H and O–H groups in total. The second-order valence-electron chi connectivity index (χ2n) is 7.95. The SMILES string of the molecule is CC1(NOc2nc3oc(=O)cc(CCC4CCC4)c3c(=O)[nH]2)CCCC1. The Morgan fingerprint density at radius 1 is 1.31 bits per heavy atom. The molecule has 2 aromatic rings. The van der Waals surface area contributed by atoms with Crippen molar-refractivity contribution in [1.29, 1.82) is 0 Å². The lowest BCUT2D eigenvalue weighted by molar-refractivity contribution is 0.0896. The van der Waals surface area contributed by atoms with Gasteiger partial charge in [-0.3, -0.25) is 9.78 Å². The molecule has 2 heterocycles. The molecule has 0 atom stereocenters. The largest absolute Gasteiger partial charge is 0.403 e. The standard InChI is InChI=1S/C19H25N3O4/c1-19(9-2-3-10-19)22-26-18-20-16(24)15-13(8-7-12-5-4-6-12)11-14(23)25-17(15)21-18/h11-12,22H,2-10H2,1H3,(H,20,21,24). The van der Waals surface area contributed by atoms with Crippen LogP contribution in [0.4, 0.5) is 0 Å². The first-order valence-electron chi connectivity index (χ1n) is 9.53. The quantitative estimate of drug-likeness (QED) is 0.770. The number of nitrogens with one attached hydrogen (secondary N) is 2. The highest BCUT2D eigenvalue weighted by atomic mass is 16.7. The Morgan fingerprint density at radius 2 is 2.08 bits per heavy atom. The average Bonchev–Trinajstić information content (AvgIpc) is 2.98. The summed E-state index contributed by atoms with van der Waals surface area (Å²) in [4.78, 5) is 36.8. The van der Waals surface area contributed by atoms with E-state index in [1.165, 1.54) is 25.3 Å². The van der Waals surface area contributed by atoms with E-state index in [0.717, 1.165) is 32.1 Å². The summed E-state index contributed by atoms with van der Waals surface area (Å²) in [6.45, 7) is 2.08. The van der Waals surface area contributed by atoms with Gasteiger partial charge in [0.1, 0.15) is 5.39 Å². The first kappa shape index (κ1) is 17.3. The fourth-order valence-electron chi connectivity index (χ4n) is 3.94. The molecule has 26 heavy (non-hydrogen) atoms. The van der Waals surface area contributed by atoms with Crippen molar-refractivity contribution >= 4 is 11.1 Å². The van der Waals surface area contributed by atoms with E-state index in [1.54, 1.807) is 0 Å². The van der Waals surface area contributed by atoms with Crippen LogP contribution >= 0.6 is 0 Å². The van der Waals surface area contributed by atoms with Gasteiger partial charge in [-0.25, -0.2) is 4.79 Å². The van der Waals surface area contributed by atoms with Crippen LogP contribution in [0.2, 0.25) is 0 Å². The van der Waals surface area contributed by atoms with Gasteiger partial charge in [0, 0.05) is 6.07 Å². The number of aromatic amines is 1. The zero-order valence-corrected chi connectivity index (χ0v) is 15.1. The van der Waals surface area contributed by atoms with Crippen molar-refractivity contribution < 1.29 is 9.25 Å². The maximum absolute atomic E-state index is 12.6. The molecule has 0 amide bonds. The number of hydroxylamine groups is 1. The Kier molecular flexibility index (Phi) is 4.56. The van der Waals surface area contributed by atoms with E-state index >= 15 is 0 Å². The first-order valence-corrected chi connectivity index (χ1v) is 9.53. The molecule has 0 spiro atoms. The number of rotatable bonds is 6. The second kappa shape index (κ2) is 6.87. The van der Waals surface area contributed by atoms with Gasteiger partial charge in [-0.2, -0.15) is 4.98 Å². The van der Waals surface area contributed by atoms with E-state index in [2.05, 4.69) is 22.4 Å². The molecule has 7 heteroatoms. The third-order valence-electron chi connectivity index (χ3n) is 5.82. The monoisotopic (exact) mass is 359 g/mol. The number of aryl methyl sites for hydroxylation is 1. The van der Waals surface area contributed by atoms with Crippen molar-refractivity contribution in [3.63, 3.8) is 0 Å². The van der Waals surface area contributed by atoms with Crippen molar-refractivity contribution in [3.05, 3.63) is 32.4 Å². The van der Waals surface area contributed by atoms with Crippen LogP contribution in [-0.4, -0.2) is 15.5 Å². The predicted octanol–water partition coefficient (Wildman–Crippen LogP) is 2.83. The van der Waals surface area contributed by atoms with Crippen LogP contribution in [0.15, 0.2) is 20.1 Å². The van der Waals surface area contributed by atoms with Crippen LogP contribution in [0.3, 0.4) is 0 Å². The number of hydrogen-bond donors (Lipinski definition) is 2. The maximum Gasteiger partial charge on any atom is 0.337 e. The topological polar surface area (TPSA) is 97.2 Å². The van der Waals surface area contributed by atoms with Crippen molar-refractivity contribution in [2.75, 3.05) is 0 Å². The molecule has 7 nitrogen and oxygen atoms in total. The normalized spacial score (nSPS) is 19.6. The van der Waals surface area contributed by atoms with Crippen molar-refractivity contribution in [3.8, 4) is 6.01 Å². The number of nitrogens with zero attached hydrogens (tertiary/aromatic N) is 1. The van der Waals surface area contributed by atoms with Gasteiger partial charge in [0.05, 0.1) is 5.54 Å². The summed E-state index contributed by atoms with van der Waals surface area (Å²) in [6.07, 6.45) is 9.71. The van der Waals surface area contributed by atoms with Gasteiger partial charge in [-0.05, 0) is 44.1 Å². The van der Waals surface area contributed by atoms with Crippen LogP contribution in [0.1, 0.15) is 63.9 Å². The third kappa shape index (κ3) is 3.53. The number of hydrogen-bond acceptors (Lipinski definition) is 6. The van der Waals surface area contributed by atoms with Crippen molar-refractivity contribution in [1.82, 2.24) is 15.4 Å². The van der Waals surface area contributed by atoms with Crippen molar-refractivity contribution in [2.24, 2.45) is 5.92 Å². The molecule has 0 saturated heterocycles. The minimum atomic E-state index is -0.485. The Labute approximate surface area is 151 Å². The van der Waals surface area contributed by atoms with Gasteiger partial charge in [-0.1, -0.05) is 32.1 Å². The number of H-pyrrole nitrogens is 1. The minimum Gasteiger partial charge on any atom is -0.403 e. The summed E-state index contributed by atoms with van der Waals surface area (Å²) in [5.74, 6) is 0.697. The van der Waals surface area contributed by atoms with E-state index < -0.39 is 5.63 Å². The molecule has 140 valence electrons. The Morgan fingerprint density at radius 3 is 2.77 bits per heavy atom. The number of fused-ring (bicyclic) bond motifs is 1. The van der Waals surface area contributed by atoms with Gasteiger partial charge in [0.25, 0.3) is 5.56 Å². The predicted molar refractivity (Wildman–Crippen MR) is 97.2 cm³/mol. The van der Waals surface area contributed by atoms with E-state index in [0.29, 0.717) is 23.3 Å². The molecule has 0 aliphatic heterocycles. The van der Waals surface area contributed by atoms with E-state index in [1.807, 2.05) is 0 Å². The molecule has 2 aliphatic rings. The highest BCUT2D eigenvalue weighted by molar-refractivity contribution is 5.75. The Hall–Kier alpha value is -2.15.